The zero-order chi connectivity index (χ0) is 13.8. The number of aromatic nitrogens is 2. The maximum absolute atomic E-state index is 12.7. The van der Waals surface area contributed by atoms with Crippen molar-refractivity contribution in [2.24, 2.45) is 0 Å². The number of fused-ring (bicyclic) bond motifs is 3. The Hall–Kier alpha value is -1.50. The highest BCUT2D eigenvalue weighted by Crippen LogP contribution is 2.38. The predicted molar refractivity (Wildman–Crippen MR) is 68.4 cm³/mol. The summed E-state index contributed by atoms with van der Waals surface area (Å²) in [6, 6.07) is 6.49. The number of alkyl halides is 3. The van der Waals surface area contributed by atoms with Gasteiger partial charge in [-0.15, -0.1) is 0 Å². The van der Waals surface area contributed by atoms with Crippen LogP contribution in [0.4, 0.5) is 18.9 Å². The van der Waals surface area contributed by atoms with E-state index >= 15 is 0 Å². The van der Waals surface area contributed by atoms with Crippen molar-refractivity contribution in [3.63, 3.8) is 0 Å². The largest absolute Gasteiger partial charge is 0.435 e. The molecule has 100 valence electrons. The monoisotopic (exact) mass is 331 g/mol. The highest BCUT2D eigenvalue weighted by molar-refractivity contribution is 9.10. The molecular formula is C12H9BrF3N3. The first kappa shape index (κ1) is 12.5. The van der Waals surface area contributed by atoms with Crippen molar-refractivity contribution in [3.8, 4) is 5.69 Å². The Morgan fingerprint density at radius 2 is 2.05 bits per heavy atom. The summed E-state index contributed by atoms with van der Waals surface area (Å²) in [5, 5.41) is 3.68. The van der Waals surface area contributed by atoms with Gasteiger partial charge in [0, 0.05) is 11.5 Å². The Kier molecular flexibility index (Phi) is 2.63. The molecule has 0 aliphatic carbocycles. The van der Waals surface area contributed by atoms with E-state index in [4.69, 9.17) is 0 Å². The Labute approximate surface area is 115 Å². The van der Waals surface area contributed by atoms with E-state index in [0.717, 1.165) is 16.2 Å². The maximum atomic E-state index is 12.7. The van der Waals surface area contributed by atoms with Gasteiger partial charge in [0.15, 0.2) is 5.69 Å². The van der Waals surface area contributed by atoms with Crippen LogP contribution in [0.25, 0.3) is 5.69 Å². The van der Waals surface area contributed by atoms with Crippen LogP contribution in [0, 0.1) is 0 Å². The highest BCUT2D eigenvalue weighted by Gasteiger charge is 2.36. The predicted octanol–water partition coefficient (Wildman–Crippen LogP) is 3.60. The first-order valence-corrected chi connectivity index (χ1v) is 6.33. The van der Waals surface area contributed by atoms with Crippen LogP contribution in [0.1, 0.15) is 11.4 Å². The fourth-order valence-electron chi connectivity index (χ4n) is 2.25. The molecule has 1 aliphatic rings. The second-order valence-electron chi connectivity index (χ2n) is 4.39. The average Bonchev–Trinajstić information content (AvgIpc) is 2.72. The first-order chi connectivity index (χ1) is 8.88. The Balaban J connectivity index is 2.22. The van der Waals surface area contributed by atoms with Crippen LogP contribution in [-0.2, 0) is 12.7 Å². The van der Waals surface area contributed by atoms with E-state index in [0.29, 0.717) is 17.9 Å². The highest BCUT2D eigenvalue weighted by atomic mass is 79.9. The van der Waals surface area contributed by atoms with Gasteiger partial charge >= 0.3 is 6.18 Å². The summed E-state index contributed by atoms with van der Waals surface area (Å²) in [5.41, 5.74) is 1.16. The van der Waals surface area contributed by atoms with Crippen molar-refractivity contribution >= 4 is 21.6 Å². The lowest BCUT2D eigenvalue weighted by Gasteiger charge is -2.29. The zero-order valence-electron chi connectivity index (χ0n) is 9.87. The number of para-hydroxylation sites is 1. The number of benzene rings is 1. The molecule has 0 saturated carbocycles. The summed E-state index contributed by atoms with van der Waals surface area (Å²) in [4.78, 5) is 1.90. The van der Waals surface area contributed by atoms with Crippen LogP contribution >= 0.6 is 15.9 Å². The van der Waals surface area contributed by atoms with E-state index in [1.807, 2.05) is 18.0 Å². The number of halogens is 4. The maximum Gasteiger partial charge on any atom is 0.435 e. The number of hydrogen-bond donors (Lipinski definition) is 0. The first-order valence-electron chi connectivity index (χ1n) is 5.54. The van der Waals surface area contributed by atoms with E-state index in [9.17, 15) is 13.2 Å². The molecule has 0 spiro atoms. The third kappa shape index (κ3) is 1.92. The second kappa shape index (κ2) is 4.00. The van der Waals surface area contributed by atoms with E-state index in [1.54, 1.807) is 12.1 Å². The topological polar surface area (TPSA) is 21.1 Å². The molecule has 1 aromatic carbocycles. The summed E-state index contributed by atoms with van der Waals surface area (Å²) in [5.74, 6) is 0. The molecule has 0 saturated heterocycles. The minimum Gasteiger partial charge on any atom is -0.366 e. The van der Waals surface area contributed by atoms with Crippen molar-refractivity contribution < 1.29 is 13.2 Å². The third-order valence-corrected chi connectivity index (χ3v) is 3.69. The molecule has 0 N–H and O–H groups in total. The molecule has 1 aromatic heterocycles. The zero-order valence-corrected chi connectivity index (χ0v) is 11.5. The molecule has 0 amide bonds. The summed E-state index contributed by atoms with van der Waals surface area (Å²) in [7, 11) is 1.84. The van der Waals surface area contributed by atoms with Crippen LogP contribution < -0.4 is 4.90 Å². The SMILES string of the molecule is CN1Cc2cc(C(F)(F)F)nn2-c2cccc(Br)c21. The van der Waals surface area contributed by atoms with Gasteiger partial charge in [0.2, 0.25) is 0 Å². The van der Waals surface area contributed by atoms with Crippen LogP contribution in [0.2, 0.25) is 0 Å². The Bertz CT molecular complexity index is 648. The van der Waals surface area contributed by atoms with E-state index < -0.39 is 11.9 Å². The molecule has 2 aromatic rings. The number of anilines is 1. The lowest BCUT2D eigenvalue weighted by molar-refractivity contribution is -0.141. The summed E-state index contributed by atoms with van der Waals surface area (Å²) in [6.45, 7) is 0.388. The molecule has 2 heterocycles. The standard InChI is InChI=1S/C12H9BrF3N3/c1-18-6-7-5-10(12(14,15)16)17-19(7)9-4-2-3-8(13)11(9)18/h2-5H,6H2,1H3. The van der Waals surface area contributed by atoms with Gasteiger partial charge in [0.1, 0.15) is 0 Å². The minimum atomic E-state index is -4.42. The van der Waals surface area contributed by atoms with Gasteiger partial charge in [-0.2, -0.15) is 18.3 Å². The Morgan fingerprint density at radius 3 is 2.74 bits per heavy atom. The lowest BCUT2D eigenvalue weighted by Crippen LogP contribution is -2.26. The van der Waals surface area contributed by atoms with Gasteiger partial charge in [0.25, 0.3) is 0 Å². The van der Waals surface area contributed by atoms with Crippen LogP contribution in [0.15, 0.2) is 28.7 Å². The van der Waals surface area contributed by atoms with E-state index in [2.05, 4.69) is 21.0 Å². The smallest absolute Gasteiger partial charge is 0.366 e. The fourth-order valence-corrected chi connectivity index (χ4v) is 2.91. The second-order valence-corrected chi connectivity index (χ2v) is 5.25. The number of rotatable bonds is 0. The fraction of sp³-hybridized carbons (Fsp3) is 0.250. The summed E-state index contributed by atoms with van der Waals surface area (Å²) < 4.78 is 40.4. The van der Waals surface area contributed by atoms with E-state index in [-0.39, 0.29) is 0 Å². The van der Waals surface area contributed by atoms with Gasteiger partial charge in [-0.3, -0.25) is 0 Å². The van der Waals surface area contributed by atoms with Crippen molar-refractivity contribution in [2.75, 3.05) is 11.9 Å². The van der Waals surface area contributed by atoms with Crippen LogP contribution in [-0.4, -0.2) is 16.8 Å². The summed E-state index contributed by atoms with van der Waals surface area (Å²) >= 11 is 3.42. The molecular weight excluding hydrogens is 323 g/mol. The van der Waals surface area contributed by atoms with Gasteiger partial charge in [-0.1, -0.05) is 6.07 Å². The normalized spacial score (nSPS) is 14.3. The Morgan fingerprint density at radius 1 is 1.32 bits per heavy atom. The van der Waals surface area contributed by atoms with Crippen LogP contribution in [0.5, 0.6) is 0 Å². The molecule has 0 atom stereocenters. The van der Waals surface area contributed by atoms with Crippen molar-refractivity contribution in [2.45, 2.75) is 12.7 Å². The molecule has 0 unspecified atom stereocenters. The molecule has 7 heteroatoms. The van der Waals surface area contributed by atoms with Gasteiger partial charge in [-0.25, -0.2) is 4.68 Å². The molecule has 0 fully saturated rings. The lowest BCUT2D eigenvalue weighted by atomic mass is 10.2. The quantitative estimate of drug-likeness (QED) is 0.735. The molecule has 0 radical (unpaired) electrons. The molecule has 19 heavy (non-hydrogen) atoms. The minimum absolute atomic E-state index is 0.388. The average molecular weight is 332 g/mol. The number of hydrogen-bond acceptors (Lipinski definition) is 2. The van der Waals surface area contributed by atoms with Crippen molar-refractivity contribution in [1.29, 1.82) is 0 Å². The summed E-state index contributed by atoms with van der Waals surface area (Å²) in [6.07, 6.45) is -4.42. The molecule has 1 aliphatic heterocycles. The molecule has 3 rings (SSSR count). The van der Waals surface area contributed by atoms with Crippen molar-refractivity contribution in [1.82, 2.24) is 9.78 Å². The van der Waals surface area contributed by atoms with E-state index in [1.165, 1.54) is 4.68 Å². The third-order valence-electron chi connectivity index (χ3n) is 3.05. The number of nitrogens with zero attached hydrogens (tertiary/aromatic N) is 3. The molecule has 3 nitrogen and oxygen atoms in total. The van der Waals surface area contributed by atoms with Crippen molar-refractivity contribution in [3.05, 3.63) is 40.1 Å². The van der Waals surface area contributed by atoms with Crippen LogP contribution in [0.3, 0.4) is 0 Å². The molecule has 0 bridgehead atoms. The van der Waals surface area contributed by atoms with Gasteiger partial charge in [0.05, 0.1) is 23.6 Å². The van der Waals surface area contributed by atoms with Gasteiger partial charge in [-0.05, 0) is 34.1 Å². The van der Waals surface area contributed by atoms with Gasteiger partial charge < -0.3 is 4.90 Å².